The summed E-state index contributed by atoms with van der Waals surface area (Å²) in [6.45, 7) is 1.89. The molecule has 8 nitrogen and oxygen atoms in total. The Morgan fingerprint density at radius 2 is 1.81 bits per heavy atom. The molecular formula is C16H13BrN4O4S. The Morgan fingerprint density at radius 1 is 1.12 bits per heavy atom. The van der Waals surface area contributed by atoms with Gasteiger partial charge >= 0.3 is 0 Å². The minimum absolute atomic E-state index is 0.137. The number of nitro benzene ring substituents is 1. The first kappa shape index (κ1) is 19.5. The average Bonchev–Trinajstić information content (AvgIpc) is 2.61. The number of benzene rings is 2. The van der Waals surface area contributed by atoms with Crippen LogP contribution in [0.1, 0.15) is 26.3 Å². The second kappa shape index (κ2) is 8.50. The van der Waals surface area contributed by atoms with Crippen LogP contribution in [0.25, 0.3) is 0 Å². The number of thiocarbonyl (C=S) groups is 1. The van der Waals surface area contributed by atoms with Crippen molar-refractivity contribution >= 4 is 50.8 Å². The van der Waals surface area contributed by atoms with E-state index in [1.807, 2.05) is 6.92 Å². The molecule has 2 rings (SSSR count). The molecule has 0 spiro atoms. The molecule has 2 amide bonds. The van der Waals surface area contributed by atoms with E-state index < -0.39 is 16.7 Å². The van der Waals surface area contributed by atoms with Crippen LogP contribution in [0.15, 0.2) is 46.9 Å². The lowest BCUT2D eigenvalue weighted by atomic mass is 10.1. The zero-order chi connectivity index (χ0) is 19.3. The van der Waals surface area contributed by atoms with Crippen LogP contribution in [-0.2, 0) is 0 Å². The van der Waals surface area contributed by atoms with Crippen molar-refractivity contribution in [3.05, 3.63) is 73.7 Å². The molecule has 3 N–H and O–H groups in total. The number of aryl methyl sites for hydroxylation is 1. The number of amides is 2. The Hall–Kier alpha value is -2.85. The molecule has 0 aliphatic carbocycles. The van der Waals surface area contributed by atoms with Crippen LogP contribution < -0.4 is 16.2 Å². The number of nitrogens with one attached hydrogen (secondary N) is 3. The largest absolute Gasteiger partial charge is 0.298 e. The Bertz CT molecular complexity index is 904. The van der Waals surface area contributed by atoms with Gasteiger partial charge in [0.25, 0.3) is 17.5 Å². The van der Waals surface area contributed by atoms with Crippen LogP contribution in [0.4, 0.5) is 5.69 Å². The van der Waals surface area contributed by atoms with Gasteiger partial charge in [-0.25, -0.2) is 0 Å². The number of nitro groups is 1. The van der Waals surface area contributed by atoms with Crippen LogP contribution in [0.3, 0.4) is 0 Å². The fourth-order valence-electron chi connectivity index (χ4n) is 1.95. The van der Waals surface area contributed by atoms with Crippen LogP contribution in [0, 0.1) is 17.0 Å². The van der Waals surface area contributed by atoms with Crippen molar-refractivity contribution in [3.63, 3.8) is 0 Å². The van der Waals surface area contributed by atoms with Crippen molar-refractivity contribution in [2.75, 3.05) is 0 Å². The second-order valence-corrected chi connectivity index (χ2v) is 6.36. The molecule has 2 aromatic rings. The lowest BCUT2D eigenvalue weighted by Crippen LogP contribution is -2.48. The van der Waals surface area contributed by atoms with E-state index in [1.54, 1.807) is 18.2 Å². The predicted octanol–water partition coefficient (Wildman–Crippen LogP) is 2.62. The SMILES string of the molecule is Cc1ccc(C(=O)NC(=S)NNC(=O)c2ccccc2[N+](=O)[O-])cc1Br. The predicted molar refractivity (Wildman–Crippen MR) is 103 cm³/mol. The molecular weight excluding hydrogens is 424 g/mol. The molecule has 134 valence electrons. The van der Waals surface area contributed by atoms with Crippen molar-refractivity contribution in [2.24, 2.45) is 0 Å². The Balaban J connectivity index is 1.96. The number of hydrogen-bond acceptors (Lipinski definition) is 5. The summed E-state index contributed by atoms with van der Waals surface area (Å²) in [6, 6.07) is 10.5. The van der Waals surface area contributed by atoms with Crippen molar-refractivity contribution in [1.82, 2.24) is 16.2 Å². The summed E-state index contributed by atoms with van der Waals surface area (Å²) in [6.07, 6.45) is 0. The topological polar surface area (TPSA) is 113 Å². The molecule has 0 saturated heterocycles. The Kier molecular flexibility index (Phi) is 6.36. The molecule has 0 aliphatic rings. The third-order valence-corrected chi connectivity index (χ3v) is 4.35. The maximum Gasteiger partial charge on any atom is 0.282 e. The summed E-state index contributed by atoms with van der Waals surface area (Å²) in [7, 11) is 0. The van der Waals surface area contributed by atoms with Crippen LogP contribution >= 0.6 is 28.1 Å². The van der Waals surface area contributed by atoms with Gasteiger partial charge in [-0.2, -0.15) is 0 Å². The smallest absolute Gasteiger partial charge is 0.282 e. The third kappa shape index (κ3) is 4.83. The van der Waals surface area contributed by atoms with Gasteiger partial charge in [0.05, 0.1) is 4.92 Å². The molecule has 26 heavy (non-hydrogen) atoms. The van der Waals surface area contributed by atoms with E-state index in [9.17, 15) is 19.7 Å². The minimum atomic E-state index is -0.757. The van der Waals surface area contributed by atoms with Crippen LogP contribution in [0.2, 0.25) is 0 Å². The van der Waals surface area contributed by atoms with Gasteiger partial charge in [0, 0.05) is 16.1 Å². The molecule has 0 saturated carbocycles. The maximum absolute atomic E-state index is 12.1. The number of carbonyl (C=O) groups is 2. The van der Waals surface area contributed by atoms with E-state index in [1.165, 1.54) is 24.3 Å². The number of nitrogens with zero attached hydrogens (tertiary/aromatic N) is 1. The summed E-state index contributed by atoms with van der Waals surface area (Å²) in [5.74, 6) is -1.23. The number of hydrazine groups is 1. The maximum atomic E-state index is 12.1. The minimum Gasteiger partial charge on any atom is -0.298 e. The molecule has 0 atom stereocenters. The van der Waals surface area contributed by atoms with Crippen molar-refractivity contribution in [3.8, 4) is 0 Å². The number of hydrogen-bond donors (Lipinski definition) is 3. The number of rotatable bonds is 3. The van der Waals surface area contributed by atoms with E-state index in [2.05, 4.69) is 32.1 Å². The Morgan fingerprint density at radius 3 is 2.46 bits per heavy atom. The molecule has 0 unspecified atom stereocenters. The lowest BCUT2D eigenvalue weighted by Gasteiger charge is -2.11. The molecule has 0 radical (unpaired) electrons. The molecule has 0 aliphatic heterocycles. The summed E-state index contributed by atoms with van der Waals surface area (Å²) < 4.78 is 0.772. The van der Waals surface area contributed by atoms with Crippen molar-refractivity contribution in [1.29, 1.82) is 0 Å². The lowest BCUT2D eigenvalue weighted by molar-refractivity contribution is -0.385. The molecule has 0 fully saturated rings. The van der Waals surface area contributed by atoms with Crippen LogP contribution in [0.5, 0.6) is 0 Å². The van der Waals surface area contributed by atoms with Crippen molar-refractivity contribution < 1.29 is 14.5 Å². The van der Waals surface area contributed by atoms with Gasteiger partial charge in [-0.15, -0.1) is 0 Å². The third-order valence-electron chi connectivity index (χ3n) is 3.30. The molecule has 0 bridgehead atoms. The summed E-state index contributed by atoms with van der Waals surface area (Å²) >= 11 is 8.27. The number of halogens is 1. The highest BCUT2D eigenvalue weighted by Gasteiger charge is 2.19. The number of para-hydroxylation sites is 1. The van der Waals surface area contributed by atoms with Gasteiger partial charge in [0.1, 0.15) is 5.56 Å². The highest BCUT2D eigenvalue weighted by Crippen LogP contribution is 2.18. The standard InChI is InChI=1S/C16H13BrN4O4S/c1-9-6-7-10(8-12(9)17)14(22)18-16(26)20-19-15(23)11-4-2-3-5-13(11)21(24)25/h2-8H,1H3,(H,19,23)(H2,18,20,22,26). The monoisotopic (exact) mass is 436 g/mol. The number of carbonyl (C=O) groups excluding carboxylic acids is 2. The van der Waals surface area contributed by atoms with Gasteiger partial charge < -0.3 is 0 Å². The highest BCUT2D eigenvalue weighted by atomic mass is 79.9. The van der Waals surface area contributed by atoms with Crippen LogP contribution in [-0.4, -0.2) is 21.9 Å². The van der Waals surface area contributed by atoms with E-state index in [0.29, 0.717) is 5.56 Å². The van der Waals surface area contributed by atoms with E-state index >= 15 is 0 Å². The van der Waals surface area contributed by atoms with Gasteiger partial charge in [-0.05, 0) is 42.9 Å². The van der Waals surface area contributed by atoms with E-state index in [-0.39, 0.29) is 16.4 Å². The summed E-state index contributed by atoms with van der Waals surface area (Å²) in [5.41, 5.74) is 5.42. The molecule has 0 heterocycles. The summed E-state index contributed by atoms with van der Waals surface area (Å²) in [4.78, 5) is 34.4. The van der Waals surface area contributed by atoms with E-state index in [4.69, 9.17) is 12.2 Å². The fraction of sp³-hybridized carbons (Fsp3) is 0.0625. The quantitative estimate of drug-likeness (QED) is 0.387. The van der Waals surface area contributed by atoms with Crippen molar-refractivity contribution in [2.45, 2.75) is 6.92 Å². The van der Waals surface area contributed by atoms with Gasteiger partial charge in [-0.1, -0.05) is 34.1 Å². The second-order valence-electron chi connectivity index (χ2n) is 5.10. The van der Waals surface area contributed by atoms with Gasteiger partial charge in [-0.3, -0.25) is 35.9 Å². The van der Waals surface area contributed by atoms with E-state index in [0.717, 1.165) is 10.0 Å². The first-order chi connectivity index (χ1) is 12.3. The molecule has 0 aromatic heterocycles. The van der Waals surface area contributed by atoms with Gasteiger partial charge in [0.2, 0.25) is 0 Å². The first-order valence-corrected chi connectivity index (χ1v) is 8.41. The van der Waals surface area contributed by atoms with Gasteiger partial charge in [0.15, 0.2) is 5.11 Å². The Labute approximate surface area is 162 Å². The fourth-order valence-corrected chi connectivity index (χ4v) is 2.47. The zero-order valence-corrected chi connectivity index (χ0v) is 15.8. The normalized spacial score (nSPS) is 9.92. The zero-order valence-electron chi connectivity index (χ0n) is 13.4. The highest BCUT2D eigenvalue weighted by molar-refractivity contribution is 9.10. The average molecular weight is 437 g/mol. The summed E-state index contributed by atoms with van der Waals surface area (Å²) in [5, 5.41) is 13.2. The first-order valence-electron chi connectivity index (χ1n) is 7.21. The molecule has 10 heteroatoms. The molecule has 2 aromatic carbocycles.